The lowest BCUT2D eigenvalue weighted by Gasteiger charge is -2.15. The average Bonchev–Trinajstić information content (AvgIpc) is 2.41. The Morgan fingerprint density at radius 3 is 2.58 bits per heavy atom. The van der Waals surface area contributed by atoms with E-state index in [2.05, 4.69) is 18.3 Å². The van der Waals surface area contributed by atoms with Crippen LogP contribution in [0.3, 0.4) is 0 Å². The Balaban J connectivity index is 1.96. The van der Waals surface area contributed by atoms with E-state index in [1.807, 2.05) is 18.2 Å². The summed E-state index contributed by atoms with van der Waals surface area (Å²) >= 11 is 0. The van der Waals surface area contributed by atoms with E-state index in [4.69, 9.17) is 4.74 Å². The van der Waals surface area contributed by atoms with Crippen molar-refractivity contribution >= 4 is 5.69 Å². The van der Waals surface area contributed by atoms with E-state index in [0.717, 1.165) is 17.9 Å². The summed E-state index contributed by atoms with van der Waals surface area (Å²) < 4.78 is 18.0. The number of hydrogen-bond acceptors (Lipinski definition) is 2. The van der Waals surface area contributed by atoms with Gasteiger partial charge >= 0.3 is 0 Å². The van der Waals surface area contributed by atoms with E-state index in [0.29, 0.717) is 0 Å². The van der Waals surface area contributed by atoms with Crippen LogP contribution < -0.4 is 10.1 Å². The minimum atomic E-state index is -0.217. The fourth-order valence-electron chi connectivity index (χ4n) is 2.03. The van der Waals surface area contributed by atoms with Crippen LogP contribution in [0.5, 0.6) is 5.75 Å². The van der Waals surface area contributed by atoms with Crippen LogP contribution in [-0.2, 0) is 6.42 Å². The molecule has 100 valence electrons. The van der Waals surface area contributed by atoms with Gasteiger partial charge in [0.2, 0.25) is 0 Å². The van der Waals surface area contributed by atoms with Crippen molar-refractivity contribution in [3.05, 3.63) is 59.9 Å². The summed E-state index contributed by atoms with van der Waals surface area (Å²) in [5.74, 6) is 0.650. The molecule has 1 N–H and O–H groups in total. The zero-order valence-electron chi connectivity index (χ0n) is 11.2. The number of anilines is 1. The molecular formula is C16H18FNO. The van der Waals surface area contributed by atoms with E-state index in [1.165, 1.54) is 17.7 Å². The molecule has 0 aliphatic heterocycles. The number of benzene rings is 2. The minimum absolute atomic E-state index is 0.217. The summed E-state index contributed by atoms with van der Waals surface area (Å²) in [6, 6.07) is 14.7. The number of hydrogen-bond donors (Lipinski definition) is 1. The van der Waals surface area contributed by atoms with Crippen LogP contribution in [0.25, 0.3) is 0 Å². The van der Waals surface area contributed by atoms with Crippen LogP contribution in [0.4, 0.5) is 10.1 Å². The van der Waals surface area contributed by atoms with Gasteiger partial charge in [0.15, 0.2) is 0 Å². The molecule has 0 spiro atoms. The Morgan fingerprint density at radius 1 is 1.16 bits per heavy atom. The Labute approximate surface area is 113 Å². The lowest BCUT2D eigenvalue weighted by molar-refractivity contribution is 0.414. The quantitative estimate of drug-likeness (QED) is 0.880. The molecule has 0 amide bonds. The number of rotatable bonds is 5. The monoisotopic (exact) mass is 259 g/mol. The first-order valence-electron chi connectivity index (χ1n) is 6.32. The van der Waals surface area contributed by atoms with Gasteiger partial charge in [-0.15, -0.1) is 0 Å². The molecule has 1 atom stereocenters. The number of methoxy groups -OCH3 is 1. The maximum Gasteiger partial charge on any atom is 0.123 e. The molecule has 0 saturated heterocycles. The fourth-order valence-corrected chi connectivity index (χ4v) is 2.03. The fraction of sp³-hybridized carbons (Fsp3) is 0.250. The number of ether oxygens (including phenoxy) is 1. The summed E-state index contributed by atoms with van der Waals surface area (Å²) in [5, 5.41) is 3.35. The molecule has 3 heteroatoms. The molecule has 0 aliphatic rings. The van der Waals surface area contributed by atoms with Crippen molar-refractivity contribution in [1.82, 2.24) is 0 Å². The predicted molar refractivity (Wildman–Crippen MR) is 76.2 cm³/mol. The number of nitrogens with one attached hydrogen (secondary N) is 1. The van der Waals surface area contributed by atoms with E-state index < -0.39 is 0 Å². The smallest absolute Gasteiger partial charge is 0.123 e. The Kier molecular flexibility index (Phi) is 4.39. The first kappa shape index (κ1) is 13.4. The van der Waals surface area contributed by atoms with E-state index >= 15 is 0 Å². The first-order chi connectivity index (χ1) is 9.17. The zero-order valence-corrected chi connectivity index (χ0v) is 11.2. The van der Waals surface area contributed by atoms with Gasteiger partial charge in [-0.25, -0.2) is 4.39 Å². The van der Waals surface area contributed by atoms with Gasteiger partial charge < -0.3 is 10.1 Å². The molecule has 0 fully saturated rings. The topological polar surface area (TPSA) is 21.3 Å². The second-order valence-electron chi connectivity index (χ2n) is 4.61. The van der Waals surface area contributed by atoms with Crippen LogP contribution in [0.1, 0.15) is 12.5 Å². The van der Waals surface area contributed by atoms with Crippen molar-refractivity contribution in [2.45, 2.75) is 19.4 Å². The van der Waals surface area contributed by atoms with Crippen LogP contribution in [0.15, 0.2) is 48.5 Å². The van der Waals surface area contributed by atoms with Crippen LogP contribution in [-0.4, -0.2) is 13.2 Å². The molecule has 0 unspecified atom stereocenters. The van der Waals surface area contributed by atoms with Gasteiger partial charge in [0.25, 0.3) is 0 Å². The van der Waals surface area contributed by atoms with Gasteiger partial charge in [0.05, 0.1) is 7.11 Å². The molecule has 0 heterocycles. The summed E-state index contributed by atoms with van der Waals surface area (Å²) in [6.07, 6.45) is 0.884. The molecule has 0 aromatic heterocycles. The van der Waals surface area contributed by atoms with Gasteiger partial charge in [-0.2, -0.15) is 0 Å². The number of halogens is 1. The second-order valence-corrected chi connectivity index (χ2v) is 4.61. The van der Waals surface area contributed by atoms with Gasteiger partial charge in [0.1, 0.15) is 11.6 Å². The standard InChI is InChI=1S/C16H18FNO/c1-12(18-15-8-6-14(17)7-9-15)10-13-4-3-5-16(11-13)19-2/h3-9,11-12,18H,10H2,1-2H3/t12-/m1/s1. The maximum absolute atomic E-state index is 12.8. The van der Waals surface area contributed by atoms with Gasteiger partial charge in [-0.1, -0.05) is 12.1 Å². The molecule has 0 saturated carbocycles. The molecule has 0 aliphatic carbocycles. The largest absolute Gasteiger partial charge is 0.497 e. The SMILES string of the molecule is COc1cccc(C[C@@H](C)Nc2ccc(F)cc2)c1. The molecular weight excluding hydrogens is 241 g/mol. The summed E-state index contributed by atoms with van der Waals surface area (Å²) in [5.41, 5.74) is 2.14. The van der Waals surface area contributed by atoms with E-state index in [1.54, 1.807) is 19.2 Å². The van der Waals surface area contributed by atoms with Crippen molar-refractivity contribution in [1.29, 1.82) is 0 Å². The third-order valence-corrected chi connectivity index (χ3v) is 2.93. The lowest BCUT2D eigenvalue weighted by atomic mass is 10.1. The highest BCUT2D eigenvalue weighted by molar-refractivity contribution is 5.44. The normalized spacial score (nSPS) is 11.9. The maximum atomic E-state index is 12.8. The van der Waals surface area contributed by atoms with Crippen LogP contribution >= 0.6 is 0 Å². The van der Waals surface area contributed by atoms with Crippen LogP contribution in [0.2, 0.25) is 0 Å². The minimum Gasteiger partial charge on any atom is -0.497 e. The average molecular weight is 259 g/mol. The van der Waals surface area contributed by atoms with Crippen molar-refractivity contribution < 1.29 is 9.13 Å². The molecule has 2 nitrogen and oxygen atoms in total. The third-order valence-electron chi connectivity index (χ3n) is 2.93. The zero-order chi connectivity index (χ0) is 13.7. The van der Waals surface area contributed by atoms with Crippen molar-refractivity contribution in [3.63, 3.8) is 0 Å². The third kappa shape index (κ3) is 3.98. The van der Waals surface area contributed by atoms with Crippen molar-refractivity contribution in [3.8, 4) is 5.75 Å². The molecule has 0 bridgehead atoms. The Morgan fingerprint density at radius 2 is 1.89 bits per heavy atom. The highest BCUT2D eigenvalue weighted by atomic mass is 19.1. The molecule has 0 radical (unpaired) electrons. The van der Waals surface area contributed by atoms with Crippen molar-refractivity contribution in [2.24, 2.45) is 0 Å². The second kappa shape index (κ2) is 6.23. The Hall–Kier alpha value is -2.03. The summed E-state index contributed by atoms with van der Waals surface area (Å²) in [7, 11) is 1.67. The highest BCUT2D eigenvalue weighted by Gasteiger charge is 2.04. The van der Waals surface area contributed by atoms with Gasteiger partial charge in [-0.05, 0) is 55.3 Å². The molecule has 2 aromatic rings. The highest BCUT2D eigenvalue weighted by Crippen LogP contribution is 2.16. The van der Waals surface area contributed by atoms with Crippen molar-refractivity contribution in [2.75, 3.05) is 12.4 Å². The first-order valence-corrected chi connectivity index (χ1v) is 6.32. The van der Waals surface area contributed by atoms with Gasteiger partial charge in [-0.3, -0.25) is 0 Å². The van der Waals surface area contributed by atoms with Crippen LogP contribution in [0, 0.1) is 5.82 Å². The summed E-state index contributed by atoms with van der Waals surface area (Å²) in [6.45, 7) is 2.10. The lowest BCUT2D eigenvalue weighted by Crippen LogP contribution is -2.18. The molecule has 2 aromatic carbocycles. The van der Waals surface area contributed by atoms with E-state index in [-0.39, 0.29) is 11.9 Å². The van der Waals surface area contributed by atoms with Gasteiger partial charge in [0, 0.05) is 11.7 Å². The predicted octanol–water partition coefficient (Wildman–Crippen LogP) is 3.88. The molecule has 19 heavy (non-hydrogen) atoms. The Bertz CT molecular complexity index is 525. The van der Waals surface area contributed by atoms with E-state index in [9.17, 15) is 4.39 Å². The summed E-state index contributed by atoms with van der Waals surface area (Å²) in [4.78, 5) is 0. The molecule has 2 rings (SSSR count).